The maximum absolute atomic E-state index is 10.6. The Bertz CT molecular complexity index is 467. The summed E-state index contributed by atoms with van der Waals surface area (Å²) in [7, 11) is 0. The second-order valence-electron chi connectivity index (χ2n) is 3.46. The number of rotatable bonds is 2. The first-order chi connectivity index (χ1) is 7.61. The van der Waals surface area contributed by atoms with Crippen molar-refractivity contribution in [2.75, 3.05) is 6.54 Å². The molecule has 0 spiro atoms. The fourth-order valence-electron chi connectivity index (χ4n) is 1.27. The van der Waals surface area contributed by atoms with E-state index in [0.29, 0.717) is 12.1 Å². The molecule has 0 bridgehead atoms. The fraction of sp³-hybridized carbons (Fsp3) is 0.231. The van der Waals surface area contributed by atoms with Gasteiger partial charge in [0.1, 0.15) is 6.29 Å². The Kier molecular flexibility index (Phi) is 4.28. The van der Waals surface area contributed by atoms with Crippen molar-refractivity contribution in [2.24, 2.45) is 0 Å². The Morgan fingerprint density at radius 2 is 2.19 bits per heavy atom. The number of hydrogen-bond donors (Lipinski definition) is 1. The van der Waals surface area contributed by atoms with Gasteiger partial charge in [0.05, 0.1) is 6.54 Å². The molecular weight excluding hydrogens is 202 g/mol. The molecule has 0 saturated carbocycles. The van der Waals surface area contributed by atoms with Crippen LogP contribution in [-0.2, 0) is 4.79 Å². The molecule has 0 aliphatic heterocycles. The number of aldehydes is 1. The first-order valence-electron chi connectivity index (χ1n) is 4.92. The number of aryl methyl sites for hydroxylation is 1. The lowest BCUT2D eigenvalue weighted by Gasteiger charge is -1.97. The summed E-state index contributed by atoms with van der Waals surface area (Å²) in [6.07, 6.45) is 0.798. The highest BCUT2D eigenvalue weighted by Crippen LogP contribution is 2.06. The summed E-state index contributed by atoms with van der Waals surface area (Å²) in [4.78, 5) is 21.2. The number of hydrogen-bond acceptors (Lipinski definition) is 2. The van der Waals surface area contributed by atoms with E-state index >= 15 is 0 Å². The molecule has 3 nitrogen and oxygen atoms in total. The predicted octanol–water partition coefficient (Wildman–Crippen LogP) is 1.30. The molecular formula is C13H13NO2. The Labute approximate surface area is 94.9 Å². The summed E-state index contributed by atoms with van der Waals surface area (Å²) < 4.78 is 0. The van der Waals surface area contributed by atoms with Gasteiger partial charge in [-0.2, -0.15) is 0 Å². The van der Waals surface area contributed by atoms with Crippen molar-refractivity contribution in [3.8, 4) is 11.8 Å². The van der Waals surface area contributed by atoms with E-state index < -0.39 is 0 Å². The van der Waals surface area contributed by atoms with Crippen LogP contribution in [0, 0.1) is 18.8 Å². The van der Waals surface area contributed by atoms with Gasteiger partial charge in [-0.05, 0) is 30.7 Å². The van der Waals surface area contributed by atoms with Gasteiger partial charge < -0.3 is 5.32 Å². The summed E-state index contributed by atoms with van der Waals surface area (Å²) in [6, 6.07) is 5.42. The molecule has 0 aromatic heterocycles. The van der Waals surface area contributed by atoms with Gasteiger partial charge in [0.2, 0.25) is 5.91 Å². The maximum atomic E-state index is 10.6. The van der Waals surface area contributed by atoms with Crippen molar-refractivity contribution in [3.05, 3.63) is 34.9 Å². The van der Waals surface area contributed by atoms with E-state index in [-0.39, 0.29) is 5.91 Å². The quantitative estimate of drug-likeness (QED) is 0.597. The Hall–Kier alpha value is -2.08. The molecule has 0 radical (unpaired) electrons. The number of carbonyl (C=O) groups excluding carboxylic acids is 2. The highest BCUT2D eigenvalue weighted by Gasteiger charge is 1.94. The standard InChI is InChI=1S/C13H13NO2/c1-10-6-12(8-13(7-10)9-15)4-3-5-14-11(2)16/h6-9H,5H2,1-2H3,(H,14,16). The van der Waals surface area contributed by atoms with Crippen molar-refractivity contribution < 1.29 is 9.59 Å². The minimum absolute atomic E-state index is 0.105. The van der Waals surface area contributed by atoms with Crippen LogP contribution in [0.25, 0.3) is 0 Å². The van der Waals surface area contributed by atoms with Crippen LogP contribution in [0.3, 0.4) is 0 Å². The molecule has 1 rings (SSSR count). The van der Waals surface area contributed by atoms with Gasteiger partial charge in [-0.15, -0.1) is 0 Å². The third-order valence-corrected chi connectivity index (χ3v) is 1.89. The lowest BCUT2D eigenvalue weighted by molar-refractivity contribution is -0.118. The first kappa shape index (κ1) is 12.0. The summed E-state index contributed by atoms with van der Waals surface area (Å²) >= 11 is 0. The van der Waals surface area contributed by atoms with Gasteiger partial charge >= 0.3 is 0 Å². The smallest absolute Gasteiger partial charge is 0.217 e. The topological polar surface area (TPSA) is 46.2 Å². The van der Waals surface area contributed by atoms with Gasteiger partial charge in [0.25, 0.3) is 0 Å². The molecule has 0 saturated heterocycles. The summed E-state index contributed by atoms with van der Waals surface area (Å²) in [5, 5.41) is 2.58. The highest BCUT2D eigenvalue weighted by atomic mass is 16.1. The van der Waals surface area contributed by atoms with Crippen molar-refractivity contribution in [1.82, 2.24) is 5.32 Å². The van der Waals surface area contributed by atoms with E-state index in [0.717, 1.165) is 17.4 Å². The predicted molar refractivity (Wildman–Crippen MR) is 62.1 cm³/mol. The van der Waals surface area contributed by atoms with Crippen molar-refractivity contribution in [1.29, 1.82) is 0 Å². The van der Waals surface area contributed by atoms with Crippen LogP contribution in [0.4, 0.5) is 0 Å². The van der Waals surface area contributed by atoms with Crippen LogP contribution < -0.4 is 5.32 Å². The van der Waals surface area contributed by atoms with Gasteiger partial charge in [-0.3, -0.25) is 9.59 Å². The zero-order chi connectivity index (χ0) is 12.0. The molecule has 0 unspecified atom stereocenters. The van der Waals surface area contributed by atoms with Gasteiger partial charge in [0.15, 0.2) is 0 Å². The molecule has 0 atom stereocenters. The molecule has 0 heterocycles. The number of benzene rings is 1. The molecule has 16 heavy (non-hydrogen) atoms. The second-order valence-corrected chi connectivity index (χ2v) is 3.46. The zero-order valence-electron chi connectivity index (χ0n) is 9.33. The maximum Gasteiger partial charge on any atom is 0.217 e. The molecule has 1 amide bonds. The van der Waals surface area contributed by atoms with E-state index in [2.05, 4.69) is 17.2 Å². The largest absolute Gasteiger partial charge is 0.345 e. The van der Waals surface area contributed by atoms with Gasteiger partial charge in [-0.1, -0.05) is 11.8 Å². The van der Waals surface area contributed by atoms with Crippen LogP contribution in [0.2, 0.25) is 0 Å². The van der Waals surface area contributed by atoms with Crippen molar-refractivity contribution in [3.63, 3.8) is 0 Å². The molecule has 0 fully saturated rings. The Balaban J connectivity index is 2.76. The molecule has 0 aliphatic carbocycles. The number of carbonyl (C=O) groups is 2. The van der Waals surface area contributed by atoms with Crippen molar-refractivity contribution >= 4 is 12.2 Å². The van der Waals surface area contributed by atoms with Crippen LogP contribution in [0.5, 0.6) is 0 Å². The van der Waals surface area contributed by atoms with Crippen LogP contribution in [0.1, 0.15) is 28.4 Å². The van der Waals surface area contributed by atoms with Crippen molar-refractivity contribution in [2.45, 2.75) is 13.8 Å². The number of amides is 1. The Morgan fingerprint density at radius 3 is 2.81 bits per heavy atom. The molecule has 1 aromatic carbocycles. The average Bonchev–Trinajstić information content (AvgIpc) is 2.23. The fourth-order valence-corrected chi connectivity index (χ4v) is 1.27. The van der Waals surface area contributed by atoms with E-state index in [1.807, 2.05) is 13.0 Å². The van der Waals surface area contributed by atoms with Crippen LogP contribution >= 0.6 is 0 Å². The third kappa shape index (κ3) is 3.97. The molecule has 3 heteroatoms. The van der Waals surface area contributed by atoms with E-state index in [9.17, 15) is 9.59 Å². The lowest BCUT2D eigenvalue weighted by atomic mass is 10.1. The molecule has 82 valence electrons. The normalized spacial score (nSPS) is 8.88. The van der Waals surface area contributed by atoms with Gasteiger partial charge in [-0.25, -0.2) is 0 Å². The summed E-state index contributed by atoms with van der Waals surface area (Å²) in [5.74, 6) is 5.60. The lowest BCUT2D eigenvalue weighted by Crippen LogP contribution is -2.19. The second kappa shape index (κ2) is 5.72. The monoisotopic (exact) mass is 215 g/mol. The first-order valence-corrected chi connectivity index (χ1v) is 4.92. The zero-order valence-corrected chi connectivity index (χ0v) is 9.33. The molecule has 1 N–H and O–H groups in total. The minimum atomic E-state index is -0.105. The van der Waals surface area contributed by atoms with Crippen LogP contribution in [-0.4, -0.2) is 18.7 Å². The summed E-state index contributed by atoms with van der Waals surface area (Å²) in [6.45, 7) is 3.67. The highest BCUT2D eigenvalue weighted by molar-refractivity contribution is 5.76. The Morgan fingerprint density at radius 1 is 1.44 bits per heavy atom. The minimum Gasteiger partial charge on any atom is -0.345 e. The summed E-state index contributed by atoms with van der Waals surface area (Å²) in [5.41, 5.74) is 2.39. The SMILES string of the molecule is CC(=O)NCC#Cc1cc(C)cc(C=O)c1. The number of nitrogens with one attached hydrogen (secondary N) is 1. The van der Waals surface area contributed by atoms with E-state index in [1.54, 1.807) is 12.1 Å². The van der Waals surface area contributed by atoms with Crippen LogP contribution in [0.15, 0.2) is 18.2 Å². The van der Waals surface area contributed by atoms with E-state index in [1.165, 1.54) is 6.92 Å². The van der Waals surface area contributed by atoms with Gasteiger partial charge in [0, 0.05) is 18.1 Å². The third-order valence-electron chi connectivity index (χ3n) is 1.89. The van der Waals surface area contributed by atoms with E-state index in [4.69, 9.17) is 0 Å². The average molecular weight is 215 g/mol. The molecule has 1 aromatic rings. The molecule has 0 aliphatic rings.